The first-order valence-electron chi connectivity index (χ1n) is 6.09. The van der Waals surface area contributed by atoms with Crippen LogP contribution in [0.4, 0.5) is 4.79 Å². The number of carbonyl (C=O) groups excluding carboxylic acids is 2. The van der Waals surface area contributed by atoms with Crippen LogP contribution < -0.4 is 15.8 Å². The number of methoxy groups -OCH3 is 1. The number of urea groups is 1. The summed E-state index contributed by atoms with van der Waals surface area (Å²) in [7, 11) is 1.61. The van der Waals surface area contributed by atoms with E-state index in [-0.39, 0.29) is 12.3 Å². The van der Waals surface area contributed by atoms with Gasteiger partial charge in [-0.2, -0.15) is 0 Å². The quantitative estimate of drug-likeness (QED) is 0.826. The Kier molecular flexibility index (Phi) is 4.01. The van der Waals surface area contributed by atoms with Gasteiger partial charge in [0.2, 0.25) is 5.91 Å². The summed E-state index contributed by atoms with van der Waals surface area (Å²) >= 11 is 0. The highest BCUT2D eigenvalue weighted by Crippen LogP contribution is 2.18. The summed E-state index contributed by atoms with van der Waals surface area (Å²) in [6.45, 7) is 0.445. The van der Waals surface area contributed by atoms with E-state index in [1.807, 2.05) is 24.3 Å². The monoisotopic (exact) mass is 263 g/mol. The van der Waals surface area contributed by atoms with Crippen LogP contribution in [0.2, 0.25) is 0 Å². The second-order valence-electron chi connectivity index (χ2n) is 4.38. The molecule has 0 radical (unpaired) electrons. The second kappa shape index (κ2) is 5.71. The standard InChI is InChI=1S/C13H17N3O3/c1-19-10-5-3-2-4-9(10)6-7-16-11(14)8-12(17)15-13(16)18/h2-5,11H,6-8,14H2,1H3,(H,15,17,18). The van der Waals surface area contributed by atoms with Crippen molar-refractivity contribution < 1.29 is 14.3 Å². The summed E-state index contributed by atoms with van der Waals surface area (Å²) < 4.78 is 5.25. The van der Waals surface area contributed by atoms with Gasteiger partial charge in [0.1, 0.15) is 5.75 Å². The maximum absolute atomic E-state index is 11.7. The minimum absolute atomic E-state index is 0.137. The van der Waals surface area contributed by atoms with E-state index in [1.165, 1.54) is 4.90 Å². The summed E-state index contributed by atoms with van der Waals surface area (Å²) in [4.78, 5) is 24.3. The Morgan fingerprint density at radius 2 is 2.16 bits per heavy atom. The number of nitrogens with zero attached hydrogens (tertiary/aromatic N) is 1. The van der Waals surface area contributed by atoms with E-state index in [4.69, 9.17) is 10.5 Å². The van der Waals surface area contributed by atoms with Crippen molar-refractivity contribution >= 4 is 11.9 Å². The van der Waals surface area contributed by atoms with Gasteiger partial charge in [-0.3, -0.25) is 10.1 Å². The van der Waals surface area contributed by atoms with Crippen molar-refractivity contribution in [3.63, 3.8) is 0 Å². The van der Waals surface area contributed by atoms with Gasteiger partial charge < -0.3 is 15.4 Å². The zero-order valence-corrected chi connectivity index (χ0v) is 10.8. The summed E-state index contributed by atoms with van der Waals surface area (Å²) in [5, 5.41) is 2.26. The fraction of sp³-hybridized carbons (Fsp3) is 0.385. The molecule has 0 aliphatic carbocycles. The van der Waals surface area contributed by atoms with E-state index in [0.29, 0.717) is 13.0 Å². The number of benzene rings is 1. The molecule has 1 aromatic carbocycles. The number of imide groups is 1. The molecule has 1 aromatic rings. The van der Waals surface area contributed by atoms with Crippen LogP contribution in [0.3, 0.4) is 0 Å². The van der Waals surface area contributed by atoms with Gasteiger partial charge in [-0.1, -0.05) is 18.2 Å². The van der Waals surface area contributed by atoms with Crippen LogP contribution in [0, 0.1) is 0 Å². The van der Waals surface area contributed by atoms with Gasteiger partial charge >= 0.3 is 6.03 Å². The molecule has 1 unspecified atom stereocenters. The molecule has 0 spiro atoms. The molecule has 19 heavy (non-hydrogen) atoms. The summed E-state index contributed by atoms with van der Waals surface area (Å²) in [5.74, 6) is 0.454. The van der Waals surface area contributed by atoms with Gasteiger partial charge in [-0.15, -0.1) is 0 Å². The number of nitrogens with one attached hydrogen (secondary N) is 1. The minimum Gasteiger partial charge on any atom is -0.496 e. The van der Waals surface area contributed by atoms with E-state index in [9.17, 15) is 9.59 Å². The largest absolute Gasteiger partial charge is 0.496 e. The molecule has 1 aliphatic heterocycles. The molecule has 1 fully saturated rings. The SMILES string of the molecule is COc1ccccc1CCN1C(=O)NC(=O)CC1N. The number of carbonyl (C=O) groups is 2. The summed E-state index contributed by atoms with van der Waals surface area (Å²) in [6.07, 6.45) is 0.202. The van der Waals surface area contributed by atoms with E-state index >= 15 is 0 Å². The summed E-state index contributed by atoms with van der Waals surface area (Å²) in [6, 6.07) is 7.18. The number of amides is 3. The van der Waals surface area contributed by atoms with Crippen LogP contribution in [0.1, 0.15) is 12.0 Å². The number of rotatable bonds is 4. The number of hydrogen-bond acceptors (Lipinski definition) is 4. The molecule has 1 heterocycles. The van der Waals surface area contributed by atoms with Gasteiger partial charge in [0.05, 0.1) is 19.7 Å². The van der Waals surface area contributed by atoms with Crippen LogP contribution in [0.5, 0.6) is 5.75 Å². The Balaban J connectivity index is 2.02. The molecule has 6 nitrogen and oxygen atoms in total. The maximum Gasteiger partial charge on any atom is 0.325 e. The molecule has 102 valence electrons. The number of para-hydroxylation sites is 1. The molecule has 1 aliphatic rings. The van der Waals surface area contributed by atoms with Gasteiger partial charge in [-0.05, 0) is 18.1 Å². The first kappa shape index (κ1) is 13.4. The van der Waals surface area contributed by atoms with Crippen molar-refractivity contribution in [3.8, 4) is 5.75 Å². The maximum atomic E-state index is 11.7. The highest BCUT2D eigenvalue weighted by atomic mass is 16.5. The molecule has 0 saturated carbocycles. The van der Waals surface area contributed by atoms with Crippen LogP contribution in [0.15, 0.2) is 24.3 Å². The molecule has 1 saturated heterocycles. The zero-order chi connectivity index (χ0) is 13.8. The van der Waals surface area contributed by atoms with Crippen molar-refractivity contribution in [2.75, 3.05) is 13.7 Å². The highest BCUT2D eigenvalue weighted by Gasteiger charge is 2.29. The van der Waals surface area contributed by atoms with E-state index in [2.05, 4.69) is 5.32 Å². The lowest BCUT2D eigenvalue weighted by Crippen LogP contribution is -2.58. The lowest BCUT2D eigenvalue weighted by Gasteiger charge is -2.32. The first-order valence-corrected chi connectivity index (χ1v) is 6.09. The van der Waals surface area contributed by atoms with Crippen LogP contribution >= 0.6 is 0 Å². The molecule has 2 rings (SSSR count). The Labute approximate surface area is 111 Å². The van der Waals surface area contributed by atoms with Gasteiger partial charge in [0.15, 0.2) is 0 Å². The zero-order valence-electron chi connectivity index (χ0n) is 10.8. The van der Waals surface area contributed by atoms with Crippen molar-refractivity contribution in [3.05, 3.63) is 29.8 Å². The molecule has 1 atom stereocenters. The fourth-order valence-corrected chi connectivity index (χ4v) is 2.11. The highest BCUT2D eigenvalue weighted by molar-refractivity contribution is 5.97. The van der Waals surface area contributed by atoms with Crippen LogP contribution in [0.25, 0.3) is 0 Å². The molecule has 3 N–H and O–H groups in total. The van der Waals surface area contributed by atoms with Crippen molar-refractivity contribution in [1.29, 1.82) is 0 Å². The van der Waals surface area contributed by atoms with Gasteiger partial charge in [-0.25, -0.2) is 4.79 Å². The van der Waals surface area contributed by atoms with Gasteiger partial charge in [0, 0.05) is 6.54 Å². The Morgan fingerprint density at radius 1 is 1.42 bits per heavy atom. The smallest absolute Gasteiger partial charge is 0.325 e. The molecule has 0 aromatic heterocycles. The first-order chi connectivity index (χ1) is 9.11. The molecule has 6 heteroatoms. The predicted octanol–water partition coefficient (Wildman–Crippen LogP) is 0.464. The average molecular weight is 263 g/mol. The third-order valence-electron chi connectivity index (χ3n) is 3.12. The number of nitrogens with two attached hydrogens (primary N) is 1. The average Bonchev–Trinajstić information content (AvgIpc) is 2.38. The summed E-state index contributed by atoms with van der Waals surface area (Å²) in [5.41, 5.74) is 6.81. The van der Waals surface area contributed by atoms with E-state index < -0.39 is 12.2 Å². The topological polar surface area (TPSA) is 84.7 Å². The molecule has 3 amide bonds. The van der Waals surface area contributed by atoms with Crippen molar-refractivity contribution in [2.24, 2.45) is 5.73 Å². The number of hydrogen-bond donors (Lipinski definition) is 2. The Hall–Kier alpha value is -2.08. The third-order valence-corrected chi connectivity index (χ3v) is 3.12. The minimum atomic E-state index is -0.559. The van der Waals surface area contributed by atoms with Crippen molar-refractivity contribution in [1.82, 2.24) is 10.2 Å². The van der Waals surface area contributed by atoms with E-state index in [1.54, 1.807) is 7.11 Å². The molecular weight excluding hydrogens is 246 g/mol. The van der Waals surface area contributed by atoms with Gasteiger partial charge in [0.25, 0.3) is 0 Å². The third kappa shape index (κ3) is 3.03. The molecule has 0 bridgehead atoms. The Bertz CT molecular complexity index is 490. The lowest BCUT2D eigenvalue weighted by molar-refractivity contribution is -0.122. The van der Waals surface area contributed by atoms with Crippen LogP contribution in [-0.2, 0) is 11.2 Å². The van der Waals surface area contributed by atoms with E-state index in [0.717, 1.165) is 11.3 Å². The normalized spacial score (nSPS) is 19.3. The van der Waals surface area contributed by atoms with Crippen molar-refractivity contribution in [2.45, 2.75) is 19.0 Å². The Morgan fingerprint density at radius 3 is 2.84 bits per heavy atom. The predicted molar refractivity (Wildman–Crippen MR) is 69.5 cm³/mol. The fourth-order valence-electron chi connectivity index (χ4n) is 2.11. The lowest BCUT2D eigenvalue weighted by atomic mass is 10.1. The molecular formula is C13H17N3O3. The van der Waals surface area contributed by atoms with Crippen LogP contribution in [-0.4, -0.2) is 36.7 Å². The second-order valence-corrected chi connectivity index (χ2v) is 4.38. The number of ether oxygens (including phenoxy) is 1.